The Labute approximate surface area is 96.4 Å². The Morgan fingerprint density at radius 2 is 2.33 bits per heavy atom. The molecule has 1 atom stereocenters. The van der Waals surface area contributed by atoms with Crippen LogP contribution in [0.2, 0.25) is 0 Å². The molecular weight excluding hydrogens is 256 g/mol. The number of carbonyl (C=O) groups is 1. The van der Waals surface area contributed by atoms with E-state index in [2.05, 4.69) is 22.0 Å². The van der Waals surface area contributed by atoms with E-state index in [9.17, 15) is 4.79 Å². The molecule has 1 aromatic rings. The van der Waals surface area contributed by atoms with Gasteiger partial charge in [0.2, 0.25) is 5.91 Å². The van der Waals surface area contributed by atoms with Gasteiger partial charge in [-0.2, -0.15) is 5.26 Å². The van der Waals surface area contributed by atoms with Gasteiger partial charge < -0.3 is 4.90 Å². The fourth-order valence-corrected chi connectivity index (χ4v) is 2.26. The molecule has 2 rings (SSSR count). The molecule has 1 amide bonds. The Hall–Kier alpha value is -1.34. The number of nitriles is 1. The summed E-state index contributed by atoms with van der Waals surface area (Å²) in [6.07, 6.45) is 0.243. The van der Waals surface area contributed by atoms with Crippen LogP contribution in [-0.2, 0) is 4.79 Å². The van der Waals surface area contributed by atoms with Gasteiger partial charge in [-0.1, -0.05) is 15.9 Å². The van der Waals surface area contributed by atoms with Gasteiger partial charge >= 0.3 is 0 Å². The molecule has 0 saturated carbocycles. The molecule has 0 aliphatic carbocycles. The van der Waals surface area contributed by atoms with Crippen LogP contribution in [0.15, 0.2) is 22.7 Å². The van der Waals surface area contributed by atoms with Gasteiger partial charge in [-0.3, -0.25) is 4.79 Å². The summed E-state index contributed by atoms with van der Waals surface area (Å²) in [5.41, 5.74) is 1.85. The van der Waals surface area contributed by atoms with E-state index in [1.807, 2.05) is 18.2 Å². The molecule has 0 N–H and O–H groups in total. The van der Waals surface area contributed by atoms with Crippen molar-refractivity contribution < 1.29 is 4.79 Å². The molecule has 76 valence electrons. The summed E-state index contributed by atoms with van der Waals surface area (Å²) in [6.45, 7) is 0. The molecule has 15 heavy (non-hydrogen) atoms. The third-order valence-corrected chi connectivity index (χ3v) is 3.14. The quantitative estimate of drug-likeness (QED) is 0.782. The maximum absolute atomic E-state index is 11.8. The summed E-state index contributed by atoms with van der Waals surface area (Å²) >= 11 is 3.37. The van der Waals surface area contributed by atoms with Crippen LogP contribution in [0.5, 0.6) is 0 Å². The van der Waals surface area contributed by atoms with Crippen LogP contribution in [0, 0.1) is 11.3 Å². The summed E-state index contributed by atoms with van der Waals surface area (Å²) in [7, 11) is 1.74. The van der Waals surface area contributed by atoms with Gasteiger partial charge in [0.25, 0.3) is 0 Å². The average molecular weight is 265 g/mol. The van der Waals surface area contributed by atoms with Gasteiger partial charge in [0.1, 0.15) is 0 Å². The zero-order valence-electron chi connectivity index (χ0n) is 8.20. The van der Waals surface area contributed by atoms with Crippen molar-refractivity contribution in [2.24, 2.45) is 0 Å². The molecule has 1 aromatic carbocycles. The number of rotatable bonds is 1. The van der Waals surface area contributed by atoms with Gasteiger partial charge in [0.15, 0.2) is 0 Å². The largest absolute Gasteiger partial charge is 0.315 e. The van der Waals surface area contributed by atoms with E-state index in [0.29, 0.717) is 0 Å². The third kappa shape index (κ3) is 1.53. The molecule has 4 heteroatoms. The first-order valence-corrected chi connectivity index (χ1v) is 5.38. The normalized spacial score (nSPS) is 18.9. The zero-order chi connectivity index (χ0) is 11.0. The molecule has 1 aliphatic rings. The first-order chi connectivity index (χ1) is 7.15. The maximum Gasteiger partial charge on any atom is 0.235 e. The molecule has 0 saturated heterocycles. The lowest BCUT2D eigenvalue weighted by molar-refractivity contribution is -0.118. The summed E-state index contributed by atoms with van der Waals surface area (Å²) < 4.78 is 0.937. The first kappa shape index (κ1) is 10.2. The number of nitrogens with zero attached hydrogens (tertiary/aromatic N) is 2. The van der Waals surface area contributed by atoms with Gasteiger partial charge in [-0.25, -0.2) is 0 Å². The Balaban J connectivity index is 2.52. The lowest BCUT2D eigenvalue weighted by atomic mass is 9.98. The van der Waals surface area contributed by atoms with Crippen molar-refractivity contribution in [3.05, 3.63) is 28.2 Å². The zero-order valence-corrected chi connectivity index (χ0v) is 9.78. The third-order valence-electron chi connectivity index (χ3n) is 2.65. The van der Waals surface area contributed by atoms with Gasteiger partial charge in [0.05, 0.1) is 18.4 Å². The highest BCUT2D eigenvalue weighted by Gasteiger charge is 2.34. The van der Waals surface area contributed by atoms with E-state index in [0.717, 1.165) is 15.7 Å². The summed E-state index contributed by atoms with van der Waals surface area (Å²) in [5, 5.41) is 8.69. The van der Waals surface area contributed by atoms with Crippen LogP contribution in [0.1, 0.15) is 17.9 Å². The number of carbonyl (C=O) groups excluding carboxylic acids is 1. The Morgan fingerprint density at radius 1 is 1.60 bits per heavy atom. The average Bonchev–Trinajstić information content (AvgIpc) is 2.44. The highest BCUT2D eigenvalue weighted by Crippen LogP contribution is 2.39. The van der Waals surface area contributed by atoms with E-state index in [1.54, 1.807) is 11.9 Å². The molecule has 1 aliphatic heterocycles. The summed E-state index contributed by atoms with van der Waals surface area (Å²) in [4.78, 5) is 13.4. The molecule has 1 unspecified atom stereocenters. The molecule has 3 nitrogen and oxygen atoms in total. The summed E-state index contributed by atoms with van der Waals surface area (Å²) in [6, 6.07) is 7.77. The number of hydrogen-bond donors (Lipinski definition) is 0. The van der Waals surface area contributed by atoms with Crippen LogP contribution in [-0.4, -0.2) is 13.0 Å². The fraction of sp³-hybridized carbons (Fsp3) is 0.273. The molecule has 1 heterocycles. The fourth-order valence-electron chi connectivity index (χ4n) is 1.88. The van der Waals surface area contributed by atoms with Crippen LogP contribution in [0.25, 0.3) is 0 Å². The van der Waals surface area contributed by atoms with Gasteiger partial charge in [-0.15, -0.1) is 0 Å². The second-order valence-electron chi connectivity index (χ2n) is 3.52. The van der Waals surface area contributed by atoms with Crippen molar-refractivity contribution >= 4 is 27.5 Å². The van der Waals surface area contributed by atoms with Crippen LogP contribution < -0.4 is 4.90 Å². The Bertz CT molecular complexity index is 464. The Morgan fingerprint density at radius 3 is 3.00 bits per heavy atom. The number of fused-ring (bicyclic) bond motifs is 1. The number of hydrogen-bond acceptors (Lipinski definition) is 2. The lowest BCUT2D eigenvalue weighted by Crippen LogP contribution is -2.23. The van der Waals surface area contributed by atoms with Crippen LogP contribution in [0.4, 0.5) is 5.69 Å². The number of amides is 1. The molecule has 0 radical (unpaired) electrons. The number of likely N-dealkylation sites (N-methyl/N-ethyl adjacent to an activating group) is 1. The predicted molar refractivity (Wildman–Crippen MR) is 60.5 cm³/mol. The number of benzene rings is 1. The highest BCUT2D eigenvalue weighted by molar-refractivity contribution is 9.10. The number of halogens is 1. The minimum Gasteiger partial charge on any atom is -0.315 e. The SMILES string of the molecule is CN1C(=O)C(CC#N)c2cc(Br)ccc21. The molecule has 0 bridgehead atoms. The predicted octanol–water partition coefficient (Wildman–Crippen LogP) is 2.42. The highest BCUT2D eigenvalue weighted by atomic mass is 79.9. The standard InChI is InChI=1S/C11H9BrN2O/c1-14-10-3-2-7(12)6-9(10)8(4-5-13)11(14)15/h2-3,6,8H,4H2,1H3. The van der Waals surface area contributed by atoms with Gasteiger partial charge in [-0.05, 0) is 23.8 Å². The molecular formula is C11H9BrN2O. The summed E-state index contributed by atoms with van der Waals surface area (Å²) in [5.74, 6) is -0.294. The van der Waals surface area contributed by atoms with Crippen molar-refractivity contribution in [2.45, 2.75) is 12.3 Å². The van der Waals surface area contributed by atoms with E-state index < -0.39 is 0 Å². The minimum absolute atomic E-state index is 0.00431. The Kier molecular flexibility index (Phi) is 2.49. The van der Waals surface area contributed by atoms with Crippen molar-refractivity contribution in [3.8, 4) is 6.07 Å². The van der Waals surface area contributed by atoms with E-state index >= 15 is 0 Å². The van der Waals surface area contributed by atoms with Crippen LogP contribution >= 0.6 is 15.9 Å². The van der Waals surface area contributed by atoms with E-state index in [4.69, 9.17) is 5.26 Å². The van der Waals surface area contributed by atoms with Crippen molar-refractivity contribution in [1.29, 1.82) is 5.26 Å². The molecule has 0 fully saturated rings. The minimum atomic E-state index is -0.299. The van der Waals surface area contributed by atoms with E-state index in [1.165, 1.54) is 0 Å². The van der Waals surface area contributed by atoms with E-state index in [-0.39, 0.29) is 18.2 Å². The van der Waals surface area contributed by atoms with Gasteiger partial charge in [0, 0.05) is 17.2 Å². The smallest absolute Gasteiger partial charge is 0.235 e. The maximum atomic E-state index is 11.8. The lowest BCUT2D eigenvalue weighted by Gasteiger charge is -2.09. The van der Waals surface area contributed by atoms with Crippen LogP contribution in [0.3, 0.4) is 0 Å². The monoisotopic (exact) mass is 264 g/mol. The van der Waals surface area contributed by atoms with Crippen molar-refractivity contribution in [2.75, 3.05) is 11.9 Å². The number of anilines is 1. The second kappa shape index (κ2) is 3.67. The van der Waals surface area contributed by atoms with Crippen molar-refractivity contribution in [3.63, 3.8) is 0 Å². The topological polar surface area (TPSA) is 44.1 Å². The first-order valence-electron chi connectivity index (χ1n) is 4.59. The molecule has 0 spiro atoms. The molecule has 0 aromatic heterocycles. The second-order valence-corrected chi connectivity index (χ2v) is 4.43. The van der Waals surface area contributed by atoms with Crippen molar-refractivity contribution in [1.82, 2.24) is 0 Å².